The molecule has 6 nitrogen and oxygen atoms in total. The van der Waals surface area contributed by atoms with Gasteiger partial charge in [0.15, 0.2) is 0 Å². The van der Waals surface area contributed by atoms with Gasteiger partial charge in [0.25, 0.3) is 0 Å². The smallest absolute Gasteiger partial charge is 0.208 e. The maximum Gasteiger partial charge on any atom is 0.208 e. The molecule has 0 heterocycles. The summed E-state index contributed by atoms with van der Waals surface area (Å²) in [5, 5.41) is 4.67. The van der Waals surface area contributed by atoms with Crippen LogP contribution >= 0.6 is 15.2 Å². The minimum atomic E-state index is -3.55. The average Bonchev–Trinajstić information content (AvgIpc) is 3.29. The lowest BCUT2D eigenvalue weighted by Crippen LogP contribution is -2.45. The Morgan fingerprint density at radius 2 is 0.850 bits per heavy atom. The van der Waals surface area contributed by atoms with Crippen molar-refractivity contribution >= 4 is 41.7 Å². The lowest BCUT2D eigenvalue weighted by Gasteiger charge is -2.40. The van der Waals surface area contributed by atoms with Gasteiger partial charge < -0.3 is 18.9 Å². The van der Waals surface area contributed by atoms with E-state index in [1.165, 1.54) is 0 Å². The van der Waals surface area contributed by atoms with Crippen LogP contribution in [0.1, 0.15) is 27.7 Å². The molecule has 2 atom stereocenters. The highest BCUT2D eigenvalue weighted by molar-refractivity contribution is 7.84. The van der Waals surface area contributed by atoms with E-state index in [0.717, 1.165) is 59.9 Å². The number of rotatable bonds is 15. The monoisotopic (exact) mass is 833 g/mol. The quantitative estimate of drug-likeness (QED) is 0.0959. The van der Waals surface area contributed by atoms with Gasteiger partial charge in [-0.05, 0) is 111 Å². The highest BCUT2D eigenvalue weighted by Crippen LogP contribution is 2.54. The van der Waals surface area contributed by atoms with Gasteiger partial charge in [-0.3, -0.25) is 4.57 Å². The minimum absolute atomic E-state index is 0.0366. The Morgan fingerprint density at radius 3 is 1.33 bits per heavy atom. The number of hydrogen-bond donors (Lipinski definition) is 0. The van der Waals surface area contributed by atoms with Gasteiger partial charge in [-0.2, -0.15) is 0 Å². The van der Waals surface area contributed by atoms with E-state index in [9.17, 15) is 0 Å². The molecule has 0 aliphatic rings. The van der Waals surface area contributed by atoms with Gasteiger partial charge in [0.05, 0.1) is 39.6 Å². The molecule has 0 saturated carbocycles. The van der Waals surface area contributed by atoms with E-state index in [4.69, 9.17) is 18.9 Å². The second kappa shape index (κ2) is 18.7. The standard InChI is InChI=1S/C52H53NO5P2/c1-36(2)53(37(3)4)60(54,39-24-13-10-14-25-39)49-35-18-17-34-48(49)59(47-33-16-15-26-40(47)38-22-11-9-12-23-38)52-41(50-43(55-5)29-20-30-44(50)56-6)27-19-28-42(52)51-45(57-7)31-21-32-46(51)58-8/h9-37H,1-8H3. The van der Waals surface area contributed by atoms with Gasteiger partial charge in [0.2, 0.25) is 7.29 Å². The molecule has 0 aliphatic heterocycles. The highest BCUT2D eigenvalue weighted by atomic mass is 31.2. The van der Waals surface area contributed by atoms with E-state index in [1.807, 2.05) is 78.9 Å². The summed E-state index contributed by atoms with van der Waals surface area (Å²) in [5.74, 6) is 2.67. The fourth-order valence-corrected chi connectivity index (χ4v) is 15.4. The molecule has 60 heavy (non-hydrogen) atoms. The third-order valence-corrected chi connectivity index (χ3v) is 17.3. The number of ether oxygens (including phenoxy) is 4. The first-order chi connectivity index (χ1) is 29.2. The van der Waals surface area contributed by atoms with Crippen LogP contribution in [0.4, 0.5) is 0 Å². The Hall–Kier alpha value is -5.64. The van der Waals surface area contributed by atoms with Crippen LogP contribution in [0.15, 0.2) is 164 Å². The van der Waals surface area contributed by atoms with E-state index >= 15 is 4.57 Å². The number of methoxy groups -OCH3 is 4. The van der Waals surface area contributed by atoms with Crippen molar-refractivity contribution in [3.8, 4) is 56.4 Å². The largest absolute Gasteiger partial charge is 0.496 e. The van der Waals surface area contributed by atoms with E-state index in [0.29, 0.717) is 23.0 Å². The van der Waals surface area contributed by atoms with E-state index < -0.39 is 15.2 Å². The summed E-state index contributed by atoms with van der Waals surface area (Å²) < 4.78 is 43.8. The molecule has 0 amide bonds. The number of nitrogens with zero attached hydrogens (tertiary/aromatic N) is 1. The average molecular weight is 834 g/mol. The van der Waals surface area contributed by atoms with Crippen LogP contribution in [-0.4, -0.2) is 45.2 Å². The van der Waals surface area contributed by atoms with Gasteiger partial charge in [-0.15, -0.1) is 0 Å². The Balaban J connectivity index is 1.74. The highest BCUT2D eigenvalue weighted by Gasteiger charge is 2.42. The summed E-state index contributed by atoms with van der Waals surface area (Å²) in [6, 6.07) is 55.6. The molecule has 0 aliphatic carbocycles. The van der Waals surface area contributed by atoms with Crippen LogP contribution in [0.25, 0.3) is 33.4 Å². The van der Waals surface area contributed by atoms with Crippen LogP contribution in [0.5, 0.6) is 23.0 Å². The lowest BCUT2D eigenvalue weighted by molar-refractivity contribution is 0.307. The predicted octanol–water partition coefficient (Wildman–Crippen LogP) is 10.8. The Kier molecular flexibility index (Phi) is 13.3. The molecule has 0 bridgehead atoms. The summed E-state index contributed by atoms with van der Waals surface area (Å²) in [6.07, 6.45) is 0. The van der Waals surface area contributed by atoms with Crippen LogP contribution in [0.2, 0.25) is 0 Å². The first-order valence-electron chi connectivity index (χ1n) is 20.2. The van der Waals surface area contributed by atoms with Gasteiger partial charge in [-0.25, -0.2) is 4.67 Å². The summed E-state index contributed by atoms with van der Waals surface area (Å²) in [7, 11) is 1.60. The van der Waals surface area contributed by atoms with Gasteiger partial charge >= 0.3 is 0 Å². The fraction of sp³-hybridized carbons (Fsp3) is 0.192. The van der Waals surface area contributed by atoms with E-state index in [2.05, 4.69) is 117 Å². The fourth-order valence-electron chi connectivity index (χ4n) is 8.51. The molecule has 0 aromatic heterocycles. The molecule has 2 unspecified atom stereocenters. The molecule has 0 N–H and O–H groups in total. The van der Waals surface area contributed by atoms with Gasteiger partial charge in [-0.1, -0.05) is 121 Å². The molecule has 0 radical (unpaired) electrons. The maximum atomic E-state index is 16.9. The van der Waals surface area contributed by atoms with Gasteiger partial charge in [0, 0.05) is 28.0 Å². The third-order valence-electron chi connectivity index (χ3n) is 10.8. The molecule has 8 heteroatoms. The zero-order chi connectivity index (χ0) is 42.4. The minimum Gasteiger partial charge on any atom is -0.496 e. The Bertz CT molecular complexity index is 2480. The van der Waals surface area contributed by atoms with E-state index in [1.54, 1.807) is 28.4 Å². The Labute approximate surface area is 356 Å². The van der Waals surface area contributed by atoms with Crippen molar-refractivity contribution in [3.63, 3.8) is 0 Å². The molecule has 7 rings (SSSR count). The van der Waals surface area contributed by atoms with Crippen molar-refractivity contribution < 1.29 is 23.5 Å². The molecule has 0 fully saturated rings. The normalized spacial score (nSPS) is 12.9. The van der Waals surface area contributed by atoms with Crippen molar-refractivity contribution in [1.82, 2.24) is 4.67 Å². The summed E-state index contributed by atoms with van der Waals surface area (Å²) >= 11 is 0. The topological polar surface area (TPSA) is 57.2 Å². The van der Waals surface area contributed by atoms with Crippen molar-refractivity contribution in [1.29, 1.82) is 0 Å². The van der Waals surface area contributed by atoms with Crippen LogP contribution in [0.3, 0.4) is 0 Å². The van der Waals surface area contributed by atoms with Crippen molar-refractivity contribution in [2.75, 3.05) is 28.4 Å². The molecule has 7 aromatic rings. The number of hydrogen-bond acceptors (Lipinski definition) is 5. The zero-order valence-corrected chi connectivity index (χ0v) is 37.4. The third kappa shape index (κ3) is 7.88. The van der Waals surface area contributed by atoms with E-state index in [-0.39, 0.29) is 12.1 Å². The van der Waals surface area contributed by atoms with Gasteiger partial charge in [0.1, 0.15) is 23.0 Å². The maximum absolute atomic E-state index is 16.9. The van der Waals surface area contributed by atoms with Crippen molar-refractivity contribution in [2.45, 2.75) is 39.8 Å². The van der Waals surface area contributed by atoms with Crippen molar-refractivity contribution in [3.05, 3.63) is 164 Å². The zero-order valence-electron chi connectivity index (χ0n) is 35.6. The predicted molar refractivity (Wildman–Crippen MR) is 253 cm³/mol. The Morgan fingerprint density at radius 1 is 0.450 bits per heavy atom. The van der Waals surface area contributed by atoms with Crippen LogP contribution in [0, 0.1) is 0 Å². The second-order valence-corrected chi connectivity index (χ2v) is 19.7. The van der Waals surface area contributed by atoms with Crippen LogP contribution < -0.4 is 45.5 Å². The number of benzene rings is 7. The molecular weight excluding hydrogens is 781 g/mol. The second-order valence-electron chi connectivity index (χ2n) is 15.0. The molecule has 306 valence electrons. The molecular formula is C52H53NO5P2. The summed E-state index contributed by atoms with van der Waals surface area (Å²) in [4.78, 5) is 0. The molecule has 0 saturated heterocycles. The summed E-state index contributed by atoms with van der Waals surface area (Å²) in [5.41, 5.74) is 5.62. The molecule has 7 aromatic carbocycles. The molecule has 0 spiro atoms. The van der Waals surface area contributed by atoms with Crippen molar-refractivity contribution in [2.24, 2.45) is 0 Å². The summed E-state index contributed by atoms with van der Waals surface area (Å²) in [6.45, 7) is 8.56. The van der Waals surface area contributed by atoms with Crippen LogP contribution in [-0.2, 0) is 4.57 Å². The lowest BCUT2D eigenvalue weighted by atomic mass is 9.96. The SMILES string of the molecule is COc1cccc(OC)c1-c1cccc(-c2c(OC)cccc2OC)c1P(c1ccccc1-c1ccccc1)c1ccccc1P(=O)(c1ccccc1)N(C(C)C)C(C)C. The first-order valence-corrected chi connectivity index (χ1v) is 23.2. The first kappa shape index (κ1) is 42.5.